The van der Waals surface area contributed by atoms with Gasteiger partial charge >= 0.3 is 5.97 Å². The monoisotopic (exact) mass is 408 g/mol. The lowest BCUT2D eigenvalue weighted by atomic mass is 10.0. The SMILES string of the molecule is CCC[C@H](NC(=O)COC(=O)c1sc(-c2ccccc2)nc1C)c1ccccc1. The number of thiazole rings is 1. The molecule has 0 fully saturated rings. The second kappa shape index (κ2) is 9.98. The number of hydrogen-bond donors (Lipinski definition) is 1. The summed E-state index contributed by atoms with van der Waals surface area (Å²) in [5.41, 5.74) is 2.59. The van der Waals surface area contributed by atoms with Gasteiger partial charge in [0.05, 0.1) is 11.7 Å². The molecule has 2 aromatic carbocycles. The molecule has 0 aliphatic rings. The number of aryl methyl sites for hydroxylation is 1. The number of amides is 1. The third kappa shape index (κ3) is 5.51. The van der Waals surface area contributed by atoms with Gasteiger partial charge < -0.3 is 10.1 Å². The fraction of sp³-hybridized carbons (Fsp3) is 0.261. The molecule has 0 saturated carbocycles. The van der Waals surface area contributed by atoms with Gasteiger partial charge in [0.1, 0.15) is 9.88 Å². The van der Waals surface area contributed by atoms with E-state index in [2.05, 4.69) is 17.2 Å². The van der Waals surface area contributed by atoms with Gasteiger partial charge in [0.2, 0.25) is 0 Å². The van der Waals surface area contributed by atoms with Crippen LogP contribution >= 0.6 is 11.3 Å². The van der Waals surface area contributed by atoms with Gasteiger partial charge in [0, 0.05) is 5.56 Å². The number of carbonyl (C=O) groups is 2. The van der Waals surface area contributed by atoms with Crippen LogP contribution in [-0.2, 0) is 9.53 Å². The van der Waals surface area contributed by atoms with Crippen molar-refractivity contribution < 1.29 is 14.3 Å². The van der Waals surface area contributed by atoms with Crippen LogP contribution in [0.1, 0.15) is 46.7 Å². The molecule has 1 aromatic heterocycles. The summed E-state index contributed by atoms with van der Waals surface area (Å²) in [6.45, 7) is 3.52. The van der Waals surface area contributed by atoms with E-state index in [1.807, 2.05) is 60.7 Å². The Morgan fingerprint density at radius 1 is 1.07 bits per heavy atom. The molecule has 0 aliphatic heterocycles. The van der Waals surface area contributed by atoms with Crippen LogP contribution in [0.3, 0.4) is 0 Å². The Balaban J connectivity index is 1.60. The van der Waals surface area contributed by atoms with Crippen LogP contribution in [-0.4, -0.2) is 23.5 Å². The quantitative estimate of drug-likeness (QED) is 0.537. The largest absolute Gasteiger partial charge is 0.451 e. The van der Waals surface area contributed by atoms with Crippen LogP contribution in [0, 0.1) is 6.92 Å². The molecule has 0 unspecified atom stereocenters. The van der Waals surface area contributed by atoms with E-state index in [1.165, 1.54) is 11.3 Å². The van der Waals surface area contributed by atoms with Crippen LogP contribution in [0.2, 0.25) is 0 Å². The highest BCUT2D eigenvalue weighted by atomic mass is 32.1. The molecule has 0 radical (unpaired) electrons. The predicted molar refractivity (Wildman–Crippen MR) is 115 cm³/mol. The third-order valence-electron chi connectivity index (χ3n) is 4.45. The van der Waals surface area contributed by atoms with Gasteiger partial charge in [-0.25, -0.2) is 9.78 Å². The maximum atomic E-state index is 12.5. The molecule has 0 saturated heterocycles. The van der Waals surface area contributed by atoms with E-state index >= 15 is 0 Å². The zero-order valence-corrected chi connectivity index (χ0v) is 17.4. The molecule has 3 rings (SSSR count). The number of hydrogen-bond acceptors (Lipinski definition) is 5. The van der Waals surface area contributed by atoms with Crippen molar-refractivity contribution >= 4 is 23.2 Å². The summed E-state index contributed by atoms with van der Waals surface area (Å²) in [5, 5.41) is 3.71. The second-order valence-corrected chi connectivity index (χ2v) is 7.69. The summed E-state index contributed by atoms with van der Waals surface area (Å²) in [6.07, 6.45) is 1.75. The van der Waals surface area contributed by atoms with Crippen molar-refractivity contribution in [1.82, 2.24) is 10.3 Å². The van der Waals surface area contributed by atoms with E-state index in [9.17, 15) is 9.59 Å². The van der Waals surface area contributed by atoms with Crippen molar-refractivity contribution in [3.8, 4) is 10.6 Å². The van der Waals surface area contributed by atoms with Gasteiger partial charge in [0.15, 0.2) is 6.61 Å². The van der Waals surface area contributed by atoms with Gasteiger partial charge in [0.25, 0.3) is 5.91 Å². The molecule has 1 heterocycles. The Labute approximate surface area is 174 Å². The van der Waals surface area contributed by atoms with Gasteiger partial charge in [-0.3, -0.25) is 4.79 Å². The number of rotatable bonds is 8. The molecule has 29 heavy (non-hydrogen) atoms. The number of nitrogens with one attached hydrogen (secondary N) is 1. The first-order valence-corrected chi connectivity index (χ1v) is 10.4. The Bertz CT molecular complexity index is 955. The van der Waals surface area contributed by atoms with Crippen molar-refractivity contribution in [2.75, 3.05) is 6.61 Å². The van der Waals surface area contributed by atoms with Crippen LogP contribution in [0.5, 0.6) is 0 Å². The lowest BCUT2D eigenvalue weighted by molar-refractivity contribution is -0.125. The molecule has 150 valence electrons. The molecule has 0 aliphatic carbocycles. The first kappa shape index (κ1) is 20.7. The number of esters is 1. The zero-order valence-electron chi connectivity index (χ0n) is 16.6. The van der Waals surface area contributed by atoms with Crippen LogP contribution < -0.4 is 5.32 Å². The fourth-order valence-corrected chi connectivity index (χ4v) is 3.98. The summed E-state index contributed by atoms with van der Waals surface area (Å²) < 4.78 is 5.25. The molecular weight excluding hydrogens is 384 g/mol. The summed E-state index contributed by atoms with van der Waals surface area (Å²) in [4.78, 5) is 29.7. The lowest BCUT2D eigenvalue weighted by Gasteiger charge is -2.18. The minimum Gasteiger partial charge on any atom is -0.451 e. The summed E-state index contributed by atoms with van der Waals surface area (Å²) in [7, 11) is 0. The number of aromatic nitrogens is 1. The standard InChI is InChI=1S/C23H24N2O3S/c1-3-10-19(17-11-6-4-7-12-17)25-20(26)15-28-23(27)21-16(2)24-22(29-21)18-13-8-5-9-14-18/h4-9,11-14,19H,3,10,15H2,1-2H3,(H,25,26)/t19-/m0/s1. The van der Waals surface area contributed by atoms with E-state index in [1.54, 1.807) is 6.92 Å². The van der Waals surface area contributed by atoms with E-state index in [-0.39, 0.29) is 18.6 Å². The van der Waals surface area contributed by atoms with Crippen molar-refractivity contribution in [2.24, 2.45) is 0 Å². The molecule has 5 nitrogen and oxygen atoms in total. The zero-order chi connectivity index (χ0) is 20.6. The highest BCUT2D eigenvalue weighted by Crippen LogP contribution is 2.28. The normalized spacial score (nSPS) is 11.7. The first-order valence-electron chi connectivity index (χ1n) is 9.62. The minimum absolute atomic E-state index is 0.0952. The van der Waals surface area contributed by atoms with E-state index in [4.69, 9.17) is 4.74 Å². The van der Waals surface area contributed by atoms with Gasteiger partial charge in [-0.2, -0.15) is 0 Å². The highest BCUT2D eigenvalue weighted by Gasteiger charge is 2.20. The lowest BCUT2D eigenvalue weighted by Crippen LogP contribution is -2.32. The minimum atomic E-state index is -0.524. The molecular formula is C23H24N2O3S. The van der Waals surface area contributed by atoms with Crippen LogP contribution in [0.4, 0.5) is 0 Å². The number of benzene rings is 2. The molecule has 3 aromatic rings. The van der Waals surface area contributed by atoms with E-state index in [0.717, 1.165) is 29.0 Å². The highest BCUT2D eigenvalue weighted by molar-refractivity contribution is 7.17. The van der Waals surface area contributed by atoms with Gasteiger partial charge in [-0.05, 0) is 18.9 Å². The van der Waals surface area contributed by atoms with E-state index in [0.29, 0.717) is 10.6 Å². The smallest absolute Gasteiger partial charge is 0.350 e. The average Bonchev–Trinajstić information content (AvgIpc) is 3.15. The van der Waals surface area contributed by atoms with E-state index < -0.39 is 5.97 Å². The molecule has 0 spiro atoms. The molecule has 1 atom stereocenters. The van der Waals surface area contributed by atoms with Gasteiger partial charge in [-0.1, -0.05) is 74.0 Å². The Kier molecular flexibility index (Phi) is 7.14. The number of carbonyl (C=O) groups excluding carboxylic acids is 2. The Hall–Kier alpha value is -2.99. The maximum absolute atomic E-state index is 12.5. The molecule has 0 bridgehead atoms. The Morgan fingerprint density at radius 2 is 1.72 bits per heavy atom. The third-order valence-corrected chi connectivity index (χ3v) is 5.64. The fourth-order valence-electron chi connectivity index (χ4n) is 3.02. The molecule has 1 amide bonds. The molecule has 1 N–H and O–H groups in total. The summed E-state index contributed by atoms with van der Waals surface area (Å²) in [6, 6.07) is 19.4. The van der Waals surface area contributed by atoms with Gasteiger partial charge in [-0.15, -0.1) is 11.3 Å². The average molecular weight is 409 g/mol. The maximum Gasteiger partial charge on any atom is 0.350 e. The van der Waals surface area contributed by atoms with Crippen molar-refractivity contribution in [2.45, 2.75) is 32.7 Å². The van der Waals surface area contributed by atoms with Crippen molar-refractivity contribution in [1.29, 1.82) is 0 Å². The number of nitrogens with zero attached hydrogens (tertiary/aromatic N) is 1. The summed E-state index contributed by atoms with van der Waals surface area (Å²) in [5.74, 6) is -0.838. The number of ether oxygens (including phenoxy) is 1. The van der Waals surface area contributed by atoms with Crippen molar-refractivity contribution in [3.63, 3.8) is 0 Å². The predicted octanol–water partition coefficient (Wildman–Crippen LogP) is 4.93. The Morgan fingerprint density at radius 3 is 2.38 bits per heavy atom. The second-order valence-electron chi connectivity index (χ2n) is 6.70. The molecule has 6 heteroatoms. The topological polar surface area (TPSA) is 68.3 Å². The first-order chi connectivity index (χ1) is 14.1. The van der Waals surface area contributed by atoms with Crippen molar-refractivity contribution in [3.05, 3.63) is 76.8 Å². The van der Waals surface area contributed by atoms with Crippen LogP contribution in [0.25, 0.3) is 10.6 Å². The summed E-state index contributed by atoms with van der Waals surface area (Å²) >= 11 is 1.27. The van der Waals surface area contributed by atoms with Crippen LogP contribution in [0.15, 0.2) is 60.7 Å².